The molecule has 0 N–H and O–H groups in total. The molecule has 154 valence electrons. The Morgan fingerprint density at radius 3 is 2.71 bits per heavy atom. The lowest BCUT2D eigenvalue weighted by molar-refractivity contribution is -0.121. The van der Waals surface area contributed by atoms with E-state index >= 15 is 0 Å². The number of anilines is 1. The zero-order chi connectivity index (χ0) is 19.7. The molecule has 2 saturated heterocycles. The van der Waals surface area contributed by atoms with Gasteiger partial charge in [-0.25, -0.2) is 0 Å². The van der Waals surface area contributed by atoms with E-state index in [9.17, 15) is 4.79 Å². The van der Waals surface area contributed by atoms with Gasteiger partial charge in [0, 0.05) is 24.7 Å². The molecule has 4 heteroatoms. The normalized spacial score (nSPS) is 28.4. The lowest BCUT2D eigenvalue weighted by Gasteiger charge is -2.50. The highest BCUT2D eigenvalue weighted by atomic mass is 16.5. The summed E-state index contributed by atoms with van der Waals surface area (Å²) in [7, 11) is 0. The number of hydrogen-bond donors (Lipinski definition) is 0. The van der Waals surface area contributed by atoms with Crippen LogP contribution in [-0.2, 0) is 4.79 Å². The minimum absolute atomic E-state index is 0.0851. The van der Waals surface area contributed by atoms with Gasteiger partial charge < -0.3 is 9.64 Å². The van der Waals surface area contributed by atoms with Gasteiger partial charge >= 0.3 is 0 Å². The van der Waals surface area contributed by atoms with Gasteiger partial charge in [0.2, 0.25) is 0 Å². The van der Waals surface area contributed by atoms with Crippen LogP contribution in [0.5, 0.6) is 5.75 Å². The molecule has 0 aliphatic carbocycles. The fourth-order valence-corrected chi connectivity index (χ4v) is 6.37. The summed E-state index contributed by atoms with van der Waals surface area (Å²) in [6.45, 7) is 9.11. The van der Waals surface area contributed by atoms with Crippen LogP contribution in [0.1, 0.15) is 65.7 Å². The summed E-state index contributed by atoms with van der Waals surface area (Å²) in [4.78, 5) is 17.4. The molecule has 1 amide bonds. The Hall–Kier alpha value is -1.55. The lowest BCUT2D eigenvalue weighted by Crippen LogP contribution is -2.56. The van der Waals surface area contributed by atoms with Gasteiger partial charge in [-0.15, -0.1) is 0 Å². The number of nitrogens with zero attached hydrogens (tertiary/aromatic N) is 2. The van der Waals surface area contributed by atoms with Gasteiger partial charge in [0.25, 0.3) is 5.91 Å². The maximum absolute atomic E-state index is 12.6. The molecule has 3 aliphatic heterocycles. The van der Waals surface area contributed by atoms with Crippen molar-refractivity contribution in [2.24, 2.45) is 11.8 Å². The number of fused-ring (bicyclic) bond motifs is 3. The van der Waals surface area contributed by atoms with Crippen molar-refractivity contribution >= 4 is 11.6 Å². The van der Waals surface area contributed by atoms with E-state index in [-0.39, 0.29) is 12.5 Å². The highest BCUT2D eigenvalue weighted by Gasteiger charge is 2.51. The van der Waals surface area contributed by atoms with Gasteiger partial charge in [-0.3, -0.25) is 9.69 Å². The average Bonchev–Trinajstić information content (AvgIpc) is 2.89. The zero-order valence-electron chi connectivity index (χ0n) is 17.8. The van der Waals surface area contributed by atoms with E-state index < -0.39 is 0 Å². The molecule has 1 aromatic carbocycles. The molecule has 1 aromatic rings. The molecule has 28 heavy (non-hydrogen) atoms. The second-order valence-corrected chi connectivity index (χ2v) is 9.22. The number of ether oxygens (including phenoxy) is 1. The Morgan fingerprint density at radius 2 is 1.93 bits per heavy atom. The molecule has 0 aromatic heterocycles. The minimum atomic E-state index is 0.0851. The summed E-state index contributed by atoms with van der Waals surface area (Å²) in [5.74, 6) is 2.17. The van der Waals surface area contributed by atoms with Gasteiger partial charge in [0.05, 0.1) is 5.69 Å². The van der Waals surface area contributed by atoms with Crippen LogP contribution in [0.4, 0.5) is 5.69 Å². The van der Waals surface area contributed by atoms with Crippen LogP contribution in [0.3, 0.4) is 0 Å². The van der Waals surface area contributed by atoms with Crippen LogP contribution >= 0.6 is 0 Å². The van der Waals surface area contributed by atoms with Crippen molar-refractivity contribution < 1.29 is 9.53 Å². The summed E-state index contributed by atoms with van der Waals surface area (Å²) in [5.41, 5.74) is 1.34. The number of piperidine rings is 1. The number of hydrogen-bond acceptors (Lipinski definition) is 3. The van der Waals surface area contributed by atoms with Crippen molar-refractivity contribution in [1.82, 2.24) is 4.90 Å². The second-order valence-electron chi connectivity index (χ2n) is 9.22. The third-order valence-corrected chi connectivity index (χ3v) is 7.63. The van der Waals surface area contributed by atoms with E-state index in [0.717, 1.165) is 36.5 Å². The molecule has 0 saturated carbocycles. The van der Waals surface area contributed by atoms with E-state index in [1.54, 1.807) is 0 Å². The predicted octanol–water partition coefficient (Wildman–Crippen LogP) is 4.87. The Bertz CT molecular complexity index is 698. The van der Waals surface area contributed by atoms with Crippen molar-refractivity contribution in [2.75, 3.05) is 24.6 Å². The van der Waals surface area contributed by atoms with Gasteiger partial charge in [-0.1, -0.05) is 52.2 Å². The topological polar surface area (TPSA) is 32.8 Å². The second kappa shape index (κ2) is 8.06. The van der Waals surface area contributed by atoms with Crippen LogP contribution in [0.2, 0.25) is 0 Å². The number of carbonyl (C=O) groups excluding carboxylic acids is 1. The Labute approximate surface area is 170 Å². The monoisotopic (exact) mass is 384 g/mol. The summed E-state index contributed by atoms with van der Waals surface area (Å²) in [5, 5.41) is 0. The first-order valence-electron chi connectivity index (χ1n) is 11.4. The van der Waals surface area contributed by atoms with Crippen molar-refractivity contribution in [2.45, 2.75) is 77.3 Å². The van der Waals surface area contributed by atoms with E-state index in [0.29, 0.717) is 11.5 Å². The molecule has 1 unspecified atom stereocenters. The van der Waals surface area contributed by atoms with Gasteiger partial charge in [-0.2, -0.15) is 0 Å². The number of rotatable bonds is 7. The Balaban J connectivity index is 1.50. The Morgan fingerprint density at radius 1 is 1.14 bits per heavy atom. The van der Waals surface area contributed by atoms with E-state index in [2.05, 4.69) is 25.7 Å². The fourth-order valence-electron chi connectivity index (χ4n) is 6.37. The molecule has 0 spiro atoms. The highest BCUT2D eigenvalue weighted by Crippen LogP contribution is 2.50. The predicted molar refractivity (Wildman–Crippen MR) is 114 cm³/mol. The van der Waals surface area contributed by atoms with Crippen LogP contribution < -0.4 is 9.64 Å². The third-order valence-electron chi connectivity index (χ3n) is 7.63. The van der Waals surface area contributed by atoms with Crippen molar-refractivity contribution in [3.63, 3.8) is 0 Å². The standard InChI is InChI=1S/C24H36N2O2/c1-4-19(5-2)24-13-8-9-20(12-14-24)26(24)16-18(3)15-25-21-10-6-7-11-22(21)28-17-23(25)27/h6-7,10-11,18-20H,4-5,8-9,12-17H2,1-3H3/t18?,20-,24+/m0/s1. The maximum Gasteiger partial charge on any atom is 0.265 e. The number of para-hydroxylation sites is 2. The smallest absolute Gasteiger partial charge is 0.265 e. The first kappa shape index (κ1) is 19.8. The number of amides is 1. The number of carbonyl (C=O) groups is 1. The molecule has 0 radical (unpaired) electrons. The van der Waals surface area contributed by atoms with Crippen LogP contribution in [0, 0.1) is 11.8 Å². The zero-order valence-corrected chi connectivity index (χ0v) is 17.8. The summed E-state index contributed by atoms with van der Waals surface area (Å²) in [6.07, 6.45) is 9.41. The molecular weight excluding hydrogens is 348 g/mol. The SMILES string of the molecule is CCC(CC)[C@@]12CCC[C@@H](CC1)N2CC(C)CN1C(=O)COc2ccccc21. The van der Waals surface area contributed by atoms with Crippen molar-refractivity contribution in [3.05, 3.63) is 24.3 Å². The van der Waals surface area contributed by atoms with Crippen LogP contribution in [0.25, 0.3) is 0 Å². The molecular formula is C24H36N2O2. The molecule has 2 fully saturated rings. The average molecular weight is 385 g/mol. The third kappa shape index (κ3) is 3.34. The van der Waals surface area contributed by atoms with Crippen LogP contribution in [0.15, 0.2) is 24.3 Å². The van der Waals surface area contributed by atoms with E-state index in [4.69, 9.17) is 4.74 Å². The molecule has 4 nitrogen and oxygen atoms in total. The quantitative estimate of drug-likeness (QED) is 0.672. The van der Waals surface area contributed by atoms with E-state index in [1.165, 1.54) is 44.9 Å². The minimum Gasteiger partial charge on any atom is -0.482 e. The largest absolute Gasteiger partial charge is 0.482 e. The molecule has 3 atom stereocenters. The van der Waals surface area contributed by atoms with Gasteiger partial charge in [-0.05, 0) is 49.7 Å². The fraction of sp³-hybridized carbons (Fsp3) is 0.708. The first-order valence-corrected chi connectivity index (χ1v) is 11.4. The van der Waals surface area contributed by atoms with Gasteiger partial charge in [0.1, 0.15) is 5.75 Å². The highest BCUT2D eigenvalue weighted by molar-refractivity contribution is 5.97. The van der Waals surface area contributed by atoms with Crippen LogP contribution in [-0.4, -0.2) is 42.1 Å². The van der Waals surface area contributed by atoms with Crippen molar-refractivity contribution in [3.8, 4) is 5.75 Å². The van der Waals surface area contributed by atoms with Crippen molar-refractivity contribution in [1.29, 1.82) is 0 Å². The summed E-state index contributed by atoms with van der Waals surface area (Å²) < 4.78 is 5.62. The van der Waals surface area contributed by atoms with Gasteiger partial charge in [0.15, 0.2) is 6.61 Å². The first-order chi connectivity index (χ1) is 13.6. The molecule has 2 bridgehead atoms. The Kier molecular flexibility index (Phi) is 5.69. The summed E-state index contributed by atoms with van der Waals surface area (Å²) >= 11 is 0. The molecule has 3 aliphatic rings. The number of benzene rings is 1. The lowest BCUT2D eigenvalue weighted by atomic mass is 9.74. The van der Waals surface area contributed by atoms with E-state index in [1.807, 2.05) is 29.2 Å². The molecule has 4 rings (SSSR count). The summed E-state index contributed by atoms with van der Waals surface area (Å²) in [6, 6.07) is 8.69. The maximum atomic E-state index is 12.6. The molecule has 3 heterocycles.